The lowest BCUT2D eigenvalue weighted by Crippen LogP contribution is -2.26. The third-order valence-corrected chi connectivity index (χ3v) is 4.70. The first-order valence-corrected chi connectivity index (χ1v) is 9.19. The standard InChI is InChI=1S/C23H21N3O2/c1-16-9-6-7-12-19(16)22-20(15-26(25-22)18-10-4-3-5-11-18)23(27)24-17(2)21-13-8-14-28-21/h3-15,17H,1-2H3,(H,24,27)/t17-/m0/s1. The highest BCUT2D eigenvalue weighted by molar-refractivity contribution is 6.00. The van der Waals surface area contributed by atoms with E-state index in [1.165, 1.54) is 0 Å². The van der Waals surface area contributed by atoms with E-state index in [0.29, 0.717) is 17.0 Å². The minimum Gasteiger partial charge on any atom is -0.467 e. The number of aromatic nitrogens is 2. The summed E-state index contributed by atoms with van der Waals surface area (Å²) in [5.41, 5.74) is 4.08. The quantitative estimate of drug-likeness (QED) is 0.541. The number of nitrogens with zero attached hydrogens (tertiary/aromatic N) is 2. The fraction of sp³-hybridized carbons (Fsp3) is 0.130. The Kier molecular flexibility index (Phi) is 4.81. The molecule has 5 heteroatoms. The van der Waals surface area contributed by atoms with Crippen LogP contribution in [0.25, 0.3) is 16.9 Å². The number of carbonyl (C=O) groups is 1. The van der Waals surface area contributed by atoms with E-state index in [2.05, 4.69) is 5.32 Å². The fourth-order valence-electron chi connectivity index (χ4n) is 3.17. The lowest BCUT2D eigenvalue weighted by Gasteiger charge is -2.11. The summed E-state index contributed by atoms with van der Waals surface area (Å²) in [5, 5.41) is 7.74. The van der Waals surface area contributed by atoms with Gasteiger partial charge in [0, 0.05) is 11.8 Å². The average molecular weight is 371 g/mol. The number of hydrogen-bond donors (Lipinski definition) is 1. The number of amides is 1. The second-order valence-electron chi connectivity index (χ2n) is 6.70. The molecule has 0 aliphatic rings. The minimum atomic E-state index is -0.243. The van der Waals surface area contributed by atoms with E-state index in [1.807, 2.05) is 80.6 Å². The third-order valence-electron chi connectivity index (χ3n) is 4.70. The SMILES string of the molecule is Cc1ccccc1-c1nn(-c2ccccc2)cc1C(=O)N[C@@H](C)c1ccco1. The van der Waals surface area contributed by atoms with Gasteiger partial charge in [-0.1, -0.05) is 42.5 Å². The van der Waals surface area contributed by atoms with Crippen molar-refractivity contribution >= 4 is 5.91 Å². The zero-order valence-electron chi connectivity index (χ0n) is 15.8. The van der Waals surface area contributed by atoms with Crippen LogP contribution in [0.15, 0.2) is 83.6 Å². The second kappa shape index (κ2) is 7.56. The first-order chi connectivity index (χ1) is 13.6. The summed E-state index contributed by atoms with van der Waals surface area (Å²) >= 11 is 0. The largest absolute Gasteiger partial charge is 0.467 e. The lowest BCUT2D eigenvalue weighted by atomic mass is 10.0. The van der Waals surface area contributed by atoms with Crippen molar-refractivity contribution in [1.29, 1.82) is 0 Å². The molecule has 0 saturated carbocycles. The van der Waals surface area contributed by atoms with Crippen molar-refractivity contribution in [2.45, 2.75) is 19.9 Å². The van der Waals surface area contributed by atoms with Gasteiger partial charge in [-0.05, 0) is 43.7 Å². The van der Waals surface area contributed by atoms with Gasteiger partial charge in [-0.2, -0.15) is 5.10 Å². The van der Waals surface area contributed by atoms with Crippen LogP contribution in [0.4, 0.5) is 0 Å². The molecule has 4 rings (SSSR count). The molecule has 0 radical (unpaired) electrons. The Bertz CT molecular complexity index is 1080. The Morgan fingerprint density at radius 3 is 2.50 bits per heavy atom. The number of nitrogens with one attached hydrogen (secondary N) is 1. The molecule has 0 bridgehead atoms. The molecule has 2 aromatic heterocycles. The molecular weight excluding hydrogens is 350 g/mol. The number of carbonyl (C=O) groups excluding carboxylic acids is 1. The van der Waals surface area contributed by atoms with Crippen LogP contribution >= 0.6 is 0 Å². The molecule has 0 aliphatic heterocycles. The molecule has 0 aliphatic carbocycles. The maximum atomic E-state index is 13.1. The molecule has 0 fully saturated rings. The van der Waals surface area contributed by atoms with Crippen LogP contribution in [-0.2, 0) is 0 Å². The lowest BCUT2D eigenvalue weighted by molar-refractivity contribution is 0.0936. The summed E-state index contributed by atoms with van der Waals surface area (Å²) in [5.74, 6) is 0.519. The van der Waals surface area contributed by atoms with Gasteiger partial charge in [0.05, 0.1) is 23.6 Å². The number of furan rings is 1. The number of hydrogen-bond acceptors (Lipinski definition) is 3. The summed E-state index contributed by atoms with van der Waals surface area (Å²) in [6.45, 7) is 3.91. The van der Waals surface area contributed by atoms with Crippen LogP contribution in [-0.4, -0.2) is 15.7 Å². The van der Waals surface area contributed by atoms with E-state index in [-0.39, 0.29) is 11.9 Å². The van der Waals surface area contributed by atoms with E-state index in [1.54, 1.807) is 17.1 Å². The van der Waals surface area contributed by atoms with Crippen molar-refractivity contribution in [3.05, 3.63) is 96.1 Å². The van der Waals surface area contributed by atoms with Gasteiger partial charge >= 0.3 is 0 Å². The second-order valence-corrected chi connectivity index (χ2v) is 6.70. The first-order valence-electron chi connectivity index (χ1n) is 9.19. The van der Waals surface area contributed by atoms with Gasteiger partial charge in [-0.25, -0.2) is 4.68 Å². The molecule has 0 spiro atoms. The summed E-state index contributed by atoms with van der Waals surface area (Å²) in [6.07, 6.45) is 3.38. The molecule has 5 nitrogen and oxygen atoms in total. The average Bonchev–Trinajstić information content (AvgIpc) is 3.39. The number of rotatable bonds is 5. The van der Waals surface area contributed by atoms with Crippen molar-refractivity contribution in [3.63, 3.8) is 0 Å². The van der Waals surface area contributed by atoms with Gasteiger partial charge in [-0.3, -0.25) is 4.79 Å². The van der Waals surface area contributed by atoms with Crippen molar-refractivity contribution < 1.29 is 9.21 Å². The third kappa shape index (κ3) is 3.47. The molecule has 28 heavy (non-hydrogen) atoms. The van der Waals surface area contributed by atoms with E-state index in [0.717, 1.165) is 16.8 Å². The topological polar surface area (TPSA) is 60.1 Å². The molecule has 1 N–H and O–H groups in total. The monoisotopic (exact) mass is 371 g/mol. The van der Waals surface area contributed by atoms with Crippen molar-refractivity contribution in [1.82, 2.24) is 15.1 Å². The van der Waals surface area contributed by atoms with Gasteiger partial charge in [-0.15, -0.1) is 0 Å². The summed E-state index contributed by atoms with van der Waals surface area (Å²) < 4.78 is 7.15. The zero-order valence-corrected chi connectivity index (χ0v) is 15.8. The smallest absolute Gasteiger partial charge is 0.255 e. The van der Waals surface area contributed by atoms with E-state index < -0.39 is 0 Å². The Morgan fingerprint density at radius 2 is 1.79 bits per heavy atom. The van der Waals surface area contributed by atoms with Gasteiger partial charge in [0.25, 0.3) is 5.91 Å². The minimum absolute atomic E-state index is 0.190. The van der Waals surface area contributed by atoms with Crippen LogP contribution in [0.5, 0.6) is 0 Å². The summed E-state index contributed by atoms with van der Waals surface area (Å²) in [4.78, 5) is 13.1. The van der Waals surface area contributed by atoms with Crippen molar-refractivity contribution in [2.75, 3.05) is 0 Å². The molecule has 1 atom stereocenters. The van der Waals surface area contributed by atoms with Crippen molar-refractivity contribution in [3.8, 4) is 16.9 Å². The predicted molar refractivity (Wildman–Crippen MR) is 108 cm³/mol. The zero-order chi connectivity index (χ0) is 19.5. The fourth-order valence-corrected chi connectivity index (χ4v) is 3.17. The number of aryl methyl sites for hydroxylation is 1. The first kappa shape index (κ1) is 17.8. The van der Waals surface area contributed by atoms with Crippen LogP contribution < -0.4 is 5.32 Å². The molecule has 2 aromatic carbocycles. The Hall–Kier alpha value is -3.60. The maximum absolute atomic E-state index is 13.1. The van der Waals surface area contributed by atoms with Gasteiger partial charge in [0.15, 0.2) is 0 Å². The molecule has 2 heterocycles. The maximum Gasteiger partial charge on any atom is 0.255 e. The highest BCUT2D eigenvalue weighted by Gasteiger charge is 2.22. The van der Waals surface area contributed by atoms with Crippen LogP contribution in [0.1, 0.15) is 34.6 Å². The Balaban J connectivity index is 1.75. The number of para-hydroxylation sites is 1. The Labute approximate surface area is 163 Å². The molecular formula is C23H21N3O2. The van der Waals surface area contributed by atoms with Gasteiger partial charge in [0.2, 0.25) is 0 Å². The summed E-state index contributed by atoms with van der Waals surface area (Å²) in [6, 6.07) is 21.1. The molecule has 1 amide bonds. The number of benzene rings is 2. The van der Waals surface area contributed by atoms with Crippen LogP contribution in [0.2, 0.25) is 0 Å². The molecule has 0 unspecified atom stereocenters. The molecule has 140 valence electrons. The highest BCUT2D eigenvalue weighted by Crippen LogP contribution is 2.27. The van der Waals surface area contributed by atoms with Crippen LogP contribution in [0, 0.1) is 6.92 Å². The van der Waals surface area contributed by atoms with E-state index in [9.17, 15) is 4.79 Å². The summed E-state index contributed by atoms with van der Waals surface area (Å²) in [7, 11) is 0. The molecule has 4 aromatic rings. The normalized spacial score (nSPS) is 11.9. The van der Waals surface area contributed by atoms with Gasteiger partial charge < -0.3 is 9.73 Å². The van der Waals surface area contributed by atoms with E-state index in [4.69, 9.17) is 9.52 Å². The highest BCUT2D eigenvalue weighted by atomic mass is 16.3. The van der Waals surface area contributed by atoms with Crippen molar-refractivity contribution in [2.24, 2.45) is 0 Å². The Morgan fingerprint density at radius 1 is 1.04 bits per heavy atom. The van der Waals surface area contributed by atoms with E-state index >= 15 is 0 Å². The van der Waals surface area contributed by atoms with Crippen LogP contribution in [0.3, 0.4) is 0 Å². The van der Waals surface area contributed by atoms with Gasteiger partial charge in [0.1, 0.15) is 11.5 Å². The predicted octanol–water partition coefficient (Wildman–Crippen LogP) is 4.93. The molecule has 0 saturated heterocycles.